The smallest absolute Gasteiger partial charge is 0.302 e. The molecule has 9 aliphatic rings. The molecule has 0 radical (unpaired) electrons. The van der Waals surface area contributed by atoms with Crippen LogP contribution in [0.3, 0.4) is 0 Å². The van der Waals surface area contributed by atoms with Gasteiger partial charge >= 0.3 is 5.97 Å². The molecule has 3 saturated heterocycles. The van der Waals surface area contributed by atoms with Crippen LogP contribution < -0.4 is 4.90 Å². The first-order valence-electron chi connectivity index (χ1n) is 10.9. The average Bonchev–Trinajstić information content (AvgIpc) is 2.97. The highest BCUT2D eigenvalue weighted by atomic mass is 16.5. The number of nitrogens with one attached hydrogen (secondary N) is 1. The molecule has 9 fully saturated rings. The molecule has 6 nitrogen and oxygen atoms in total. The Labute approximate surface area is 164 Å². The van der Waals surface area contributed by atoms with E-state index in [9.17, 15) is 20.1 Å². The summed E-state index contributed by atoms with van der Waals surface area (Å²) in [6, 6.07) is 0.412. The van der Waals surface area contributed by atoms with Gasteiger partial charge in [0.05, 0.1) is 24.8 Å². The molecule has 1 unspecified atom stereocenters. The van der Waals surface area contributed by atoms with E-state index in [1.165, 1.54) is 11.8 Å². The van der Waals surface area contributed by atoms with Crippen LogP contribution in [-0.4, -0.2) is 63.8 Å². The molecule has 3 aliphatic heterocycles. The van der Waals surface area contributed by atoms with Crippen LogP contribution in [0.1, 0.15) is 39.5 Å². The maximum atomic E-state index is 12.2. The van der Waals surface area contributed by atoms with Crippen LogP contribution in [-0.2, 0) is 9.53 Å². The van der Waals surface area contributed by atoms with Gasteiger partial charge < -0.3 is 25.0 Å². The van der Waals surface area contributed by atoms with Crippen molar-refractivity contribution >= 4 is 5.97 Å². The van der Waals surface area contributed by atoms with Crippen LogP contribution >= 0.6 is 0 Å². The highest BCUT2D eigenvalue weighted by Crippen LogP contribution is 2.84. The number of ether oxygens (including phenoxy) is 1. The minimum Gasteiger partial charge on any atom is -0.463 e. The molecule has 6 heteroatoms. The van der Waals surface area contributed by atoms with Crippen LogP contribution in [0.15, 0.2) is 12.2 Å². The fourth-order valence-electron chi connectivity index (χ4n) is 11.3. The van der Waals surface area contributed by atoms with Gasteiger partial charge in [-0.15, -0.1) is 0 Å². The summed E-state index contributed by atoms with van der Waals surface area (Å²) in [7, 11) is 0. The molecule has 0 aromatic heterocycles. The summed E-state index contributed by atoms with van der Waals surface area (Å²) in [6.07, 6.45) is 1.41. The Hall–Kier alpha value is -0.950. The zero-order chi connectivity index (χ0) is 19.6. The fourth-order valence-corrected chi connectivity index (χ4v) is 11.3. The van der Waals surface area contributed by atoms with Crippen molar-refractivity contribution in [1.82, 2.24) is 0 Å². The van der Waals surface area contributed by atoms with Crippen LogP contribution in [0.5, 0.6) is 0 Å². The van der Waals surface area contributed by atoms with E-state index in [0.29, 0.717) is 12.0 Å². The third-order valence-corrected chi connectivity index (χ3v) is 10.8. The molecule has 4 N–H and O–H groups in total. The van der Waals surface area contributed by atoms with E-state index in [0.717, 1.165) is 37.8 Å². The lowest BCUT2D eigenvalue weighted by atomic mass is 9.39. The maximum absolute atomic E-state index is 12.2. The normalized spacial score (nSPS) is 69.3. The van der Waals surface area contributed by atoms with E-state index in [2.05, 4.69) is 13.5 Å². The van der Waals surface area contributed by atoms with E-state index < -0.39 is 29.1 Å². The average molecular weight is 388 g/mol. The summed E-state index contributed by atoms with van der Waals surface area (Å²) in [5.74, 6) is -0.301. The van der Waals surface area contributed by atoms with Gasteiger partial charge in [0, 0.05) is 47.3 Å². The van der Waals surface area contributed by atoms with Gasteiger partial charge in [0.2, 0.25) is 0 Å². The van der Waals surface area contributed by atoms with Crippen LogP contribution in [0.2, 0.25) is 0 Å². The molecule has 6 saturated carbocycles. The molecule has 28 heavy (non-hydrogen) atoms. The zero-order valence-corrected chi connectivity index (χ0v) is 16.5. The third kappa shape index (κ3) is 1.26. The lowest BCUT2D eigenvalue weighted by Crippen LogP contribution is -3.21. The predicted octanol–water partition coefficient (Wildman–Crippen LogP) is -0.967. The summed E-state index contributed by atoms with van der Waals surface area (Å²) in [4.78, 5) is 13.2. The van der Waals surface area contributed by atoms with Crippen molar-refractivity contribution in [2.24, 2.45) is 34.0 Å². The second-order valence-electron chi connectivity index (χ2n) is 11.6. The molecule has 0 aromatic rings. The van der Waals surface area contributed by atoms with Crippen molar-refractivity contribution in [1.29, 1.82) is 0 Å². The van der Waals surface area contributed by atoms with Gasteiger partial charge in [-0.1, -0.05) is 19.1 Å². The number of esters is 1. The molecule has 152 valence electrons. The van der Waals surface area contributed by atoms with Crippen molar-refractivity contribution in [3.63, 3.8) is 0 Å². The second-order valence-corrected chi connectivity index (χ2v) is 11.6. The van der Waals surface area contributed by atoms with E-state index >= 15 is 0 Å². The number of aliphatic hydroxyl groups is 3. The van der Waals surface area contributed by atoms with E-state index in [1.807, 2.05) is 0 Å². The van der Waals surface area contributed by atoms with Crippen molar-refractivity contribution in [2.45, 2.75) is 75.5 Å². The fraction of sp³-hybridized carbons (Fsp3) is 0.864. The number of hydrogen-bond acceptors (Lipinski definition) is 5. The number of hydrogen-bond donors (Lipinski definition) is 4. The van der Waals surface area contributed by atoms with Crippen molar-refractivity contribution in [2.75, 3.05) is 6.54 Å². The van der Waals surface area contributed by atoms with Gasteiger partial charge in [0.1, 0.15) is 17.7 Å². The number of aliphatic hydroxyl groups excluding tert-OH is 2. The monoisotopic (exact) mass is 388 g/mol. The molecular weight excluding hydrogens is 358 g/mol. The highest BCUT2D eigenvalue weighted by Gasteiger charge is 2.97. The van der Waals surface area contributed by atoms with Gasteiger partial charge in [-0.25, -0.2) is 0 Å². The maximum Gasteiger partial charge on any atom is 0.302 e. The first kappa shape index (κ1) is 16.8. The highest BCUT2D eigenvalue weighted by molar-refractivity contribution is 5.66. The number of fused-ring (bicyclic) bond motifs is 1. The lowest BCUT2D eigenvalue weighted by Gasteiger charge is -2.66. The van der Waals surface area contributed by atoms with Gasteiger partial charge in [-0.2, -0.15) is 0 Å². The topological polar surface area (TPSA) is 91.4 Å². The second kappa shape index (κ2) is 4.25. The molecule has 6 aliphatic carbocycles. The number of quaternary nitrogens is 1. The molecule has 9 rings (SSSR count). The Balaban J connectivity index is 1.49. The largest absolute Gasteiger partial charge is 0.463 e. The van der Waals surface area contributed by atoms with Gasteiger partial charge in [-0.3, -0.25) is 4.79 Å². The Morgan fingerprint density at radius 2 is 2.00 bits per heavy atom. The number of carbonyl (C=O) groups is 1. The van der Waals surface area contributed by atoms with Crippen LogP contribution in [0, 0.1) is 34.0 Å². The Morgan fingerprint density at radius 3 is 2.71 bits per heavy atom. The van der Waals surface area contributed by atoms with E-state index in [4.69, 9.17) is 4.74 Å². The number of rotatable bonds is 1. The Morgan fingerprint density at radius 1 is 1.25 bits per heavy atom. The molecule has 0 aromatic carbocycles. The summed E-state index contributed by atoms with van der Waals surface area (Å²) >= 11 is 0. The Bertz CT molecular complexity index is 860. The molecule has 13 atom stereocenters. The molecule has 0 amide bonds. The van der Waals surface area contributed by atoms with Crippen molar-refractivity contribution in [3.8, 4) is 0 Å². The minimum atomic E-state index is -1.16. The van der Waals surface area contributed by atoms with Crippen molar-refractivity contribution < 1.29 is 29.8 Å². The third-order valence-electron chi connectivity index (χ3n) is 10.8. The summed E-state index contributed by atoms with van der Waals surface area (Å²) in [6.45, 7) is 8.96. The van der Waals surface area contributed by atoms with E-state index in [1.54, 1.807) is 0 Å². The number of carbonyl (C=O) groups excluding carboxylic acids is 1. The standard InChI is InChI=1S/C22H29NO5/c1-9-4-20-7-12-15-19(3)5-11(28-10(2)24)6-21(15)16(20)14(25)13(9)17(26)22(20,27)18(21)23(12)8-19/h11-18,25-27H,1,4-8H2,2-3H3/p+1/t11-,12-,13+,14-,15+,16+,17+,18-,19-,20+,21-,22-/m0/s1. The minimum absolute atomic E-state index is 0.0365. The summed E-state index contributed by atoms with van der Waals surface area (Å²) in [5.41, 5.74) is -0.926. The van der Waals surface area contributed by atoms with E-state index in [-0.39, 0.29) is 34.9 Å². The molecule has 2 spiro atoms. The molecule has 3 heterocycles. The van der Waals surface area contributed by atoms with Crippen LogP contribution in [0.25, 0.3) is 0 Å². The molecule has 9 bridgehead atoms. The zero-order valence-electron chi connectivity index (χ0n) is 16.5. The first-order chi connectivity index (χ1) is 13.1. The van der Waals surface area contributed by atoms with Gasteiger partial charge in [0.25, 0.3) is 0 Å². The first-order valence-corrected chi connectivity index (χ1v) is 10.9. The Kier molecular flexibility index (Phi) is 2.55. The lowest BCUT2D eigenvalue weighted by molar-refractivity contribution is -0.949. The molecular formula is C22H30NO5+. The summed E-state index contributed by atoms with van der Waals surface area (Å²) < 4.78 is 5.76. The predicted molar refractivity (Wildman–Crippen MR) is 97.0 cm³/mol. The quantitative estimate of drug-likeness (QED) is 0.343. The van der Waals surface area contributed by atoms with Gasteiger partial charge in [-0.05, 0) is 19.3 Å². The number of piperidine rings is 2. The van der Waals surface area contributed by atoms with Gasteiger partial charge in [0.15, 0.2) is 0 Å². The van der Waals surface area contributed by atoms with Crippen molar-refractivity contribution in [3.05, 3.63) is 12.2 Å². The SMILES string of the molecule is C=C1C[C@@]23C[C@H]4[C@@H]5[C@@]6(C)C[C@H](OC(C)=O)C[C@@]57[C@@H]2[C@@H](O)[C@@H]1[C@@H](O)[C@]3(O)[C@H]7[NH+]4C6. The summed E-state index contributed by atoms with van der Waals surface area (Å²) in [5, 5.41) is 35.1. The van der Waals surface area contributed by atoms with Crippen LogP contribution in [0.4, 0.5) is 0 Å².